The van der Waals surface area contributed by atoms with Gasteiger partial charge in [-0.1, -0.05) is 24.3 Å². The number of amides is 2. The van der Waals surface area contributed by atoms with Crippen molar-refractivity contribution in [2.75, 3.05) is 6.54 Å². The van der Waals surface area contributed by atoms with E-state index in [1.54, 1.807) is 38.1 Å². The van der Waals surface area contributed by atoms with Crippen LogP contribution in [-0.4, -0.2) is 33.7 Å². The predicted molar refractivity (Wildman–Crippen MR) is 112 cm³/mol. The van der Waals surface area contributed by atoms with E-state index in [1.165, 1.54) is 24.3 Å². The Morgan fingerprint density at radius 2 is 1.26 bits per heavy atom. The van der Waals surface area contributed by atoms with Gasteiger partial charge in [-0.2, -0.15) is 0 Å². The van der Waals surface area contributed by atoms with Gasteiger partial charge in [0.2, 0.25) is 11.8 Å². The fraction of sp³-hybridized carbons (Fsp3) is 0.300. The van der Waals surface area contributed by atoms with Crippen LogP contribution in [0.4, 0.5) is 11.4 Å². The van der Waals surface area contributed by atoms with Crippen LogP contribution < -0.4 is 16.0 Å². The minimum absolute atomic E-state index is 0.0134. The molecule has 11 heteroatoms. The van der Waals surface area contributed by atoms with E-state index in [0.29, 0.717) is 12.1 Å². The second-order valence-corrected chi connectivity index (χ2v) is 7.29. The van der Waals surface area contributed by atoms with E-state index in [1.807, 2.05) is 0 Å². The average molecular weight is 429 g/mol. The summed E-state index contributed by atoms with van der Waals surface area (Å²) in [6.45, 7) is 3.57. The Bertz CT molecular complexity index is 957. The molecular formula is C20H23N5O6. The van der Waals surface area contributed by atoms with Crippen molar-refractivity contribution in [1.82, 2.24) is 16.0 Å². The summed E-state index contributed by atoms with van der Waals surface area (Å²) < 4.78 is 0. The van der Waals surface area contributed by atoms with Crippen LogP contribution in [0.1, 0.15) is 25.0 Å². The van der Waals surface area contributed by atoms with Crippen LogP contribution >= 0.6 is 0 Å². The third-order valence-electron chi connectivity index (χ3n) is 4.50. The highest BCUT2D eigenvalue weighted by atomic mass is 16.6. The maximum absolute atomic E-state index is 12.4. The molecule has 0 spiro atoms. The molecule has 0 saturated heterocycles. The zero-order valence-corrected chi connectivity index (χ0v) is 17.1. The summed E-state index contributed by atoms with van der Waals surface area (Å²) >= 11 is 0. The van der Waals surface area contributed by atoms with E-state index < -0.39 is 21.3 Å². The number of rotatable bonds is 10. The minimum atomic E-state index is -0.986. The van der Waals surface area contributed by atoms with Crippen LogP contribution in [0.3, 0.4) is 0 Å². The van der Waals surface area contributed by atoms with Gasteiger partial charge in [0, 0.05) is 37.4 Å². The van der Waals surface area contributed by atoms with Gasteiger partial charge in [0.1, 0.15) is 0 Å². The third kappa shape index (κ3) is 7.16. The molecule has 0 saturated carbocycles. The van der Waals surface area contributed by atoms with E-state index in [2.05, 4.69) is 16.0 Å². The van der Waals surface area contributed by atoms with E-state index >= 15 is 0 Å². The maximum atomic E-state index is 12.4. The van der Waals surface area contributed by atoms with Gasteiger partial charge in [-0.05, 0) is 25.0 Å². The summed E-state index contributed by atoms with van der Waals surface area (Å²) in [5, 5.41) is 29.6. The summed E-state index contributed by atoms with van der Waals surface area (Å²) in [7, 11) is 0. The lowest BCUT2D eigenvalue weighted by Crippen LogP contribution is -2.53. The Morgan fingerprint density at radius 1 is 0.806 bits per heavy atom. The Kier molecular flexibility index (Phi) is 7.75. The lowest BCUT2D eigenvalue weighted by atomic mass is 10.0. The quantitative estimate of drug-likeness (QED) is 0.384. The maximum Gasteiger partial charge on any atom is 0.269 e. The molecule has 0 aliphatic heterocycles. The van der Waals surface area contributed by atoms with E-state index in [-0.39, 0.29) is 30.4 Å². The van der Waals surface area contributed by atoms with Gasteiger partial charge >= 0.3 is 0 Å². The molecule has 164 valence electrons. The van der Waals surface area contributed by atoms with Crippen molar-refractivity contribution in [3.63, 3.8) is 0 Å². The molecule has 11 nitrogen and oxygen atoms in total. The summed E-state index contributed by atoms with van der Waals surface area (Å²) in [5.74, 6) is -0.794. The molecule has 2 aromatic carbocycles. The molecule has 0 aromatic heterocycles. The molecule has 0 unspecified atom stereocenters. The minimum Gasteiger partial charge on any atom is -0.350 e. The molecule has 0 aliphatic carbocycles. The zero-order valence-electron chi connectivity index (χ0n) is 17.1. The molecule has 2 amide bonds. The number of nitrogens with zero attached hydrogens (tertiary/aromatic N) is 2. The largest absolute Gasteiger partial charge is 0.350 e. The van der Waals surface area contributed by atoms with Gasteiger partial charge in [0.25, 0.3) is 11.4 Å². The number of carbonyl (C=O) groups is 2. The molecule has 31 heavy (non-hydrogen) atoms. The molecular weight excluding hydrogens is 406 g/mol. The molecule has 0 atom stereocenters. The van der Waals surface area contributed by atoms with E-state index in [4.69, 9.17) is 0 Å². The van der Waals surface area contributed by atoms with Crippen LogP contribution in [0, 0.1) is 20.2 Å². The predicted octanol–water partition coefficient (Wildman–Crippen LogP) is 1.80. The first-order valence-electron chi connectivity index (χ1n) is 9.35. The summed E-state index contributed by atoms with van der Waals surface area (Å²) in [6, 6.07) is 11.8. The summed E-state index contributed by atoms with van der Waals surface area (Å²) in [4.78, 5) is 44.7. The fourth-order valence-electron chi connectivity index (χ4n) is 2.52. The van der Waals surface area contributed by atoms with E-state index in [0.717, 1.165) is 5.56 Å². The molecule has 2 aromatic rings. The topological polar surface area (TPSA) is 157 Å². The monoisotopic (exact) mass is 429 g/mol. The third-order valence-corrected chi connectivity index (χ3v) is 4.50. The van der Waals surface area contributed by atoms with Crippen molar-refractivity contribution in [3.05, 3.63) is 79.9 Å². The first-order chi connectivity index (χ1) is 14.6. The van der Waals surface area contributed by atoms with Gasteiger partial charge in [-0.15, -0.1) is 0 Å². The molecule has 2 rings (SSSR count). The standard InChI is InChI=1S/C20H23N5O6/c1-20(2,23-12-15-5-9-17(10-6-15)25(30)31)19(27)22-13-18(26)21-11-14-3-7-16(8-4-14)24(28)29/h3-10,23H,11-13H2,1-2H3,(H,21,26)(H,22,27). The van der Waals surface area contributed by atoms with Crippen molar-refractivity contribution < 1.29 is 19.4 Å². The highest BCUT2D eigenvalue weighted by Gasteiger charge is 2.27. The normalized spacial score (nSPS) is 10.9. The molecule has 0 radical (unpaired) electrons. The second kappa shape index (κ2) is 10.3. The van der Waals surface area contributed by atoms with Crippen LogP contribution in [0.5, 0.6) is 0 Å². The fourth-order valence-corrected chi connectivity index (χ4v) is 2.52. The Hall–Kier alpha value is -3.86. The molecule has 0 aliphatic rings. The van der Waals surface area contributed by atoms with Crippen LogP contribution in [0.25, 0.3) is 0 Å². The average Bonchev–Trinajstić information content (AvgIpc) is 2.75. The molecule has 0 heterocycles. The van der Waals surface area contributed by atoms with Gasteiger partial charge in [-0.25, -0.2) is 0 Å². The van der Waals surface area contributed by atoms with Crippen molar-refractivity contribution in [2.45, 2.75) is 32.5 Å². The van der Waals surface area contributed by atoms with Gasteiger partial charge in [0.15, 0.2) is 0 Å². The number of hydrogen-bond acceptors (Lipinski definition) is 7. The molecule has 3 N–H and O–H groups in total. The number of carbonyl (C=O) groups excluding carboxylic acids is 2. The summed E-state index contributed by atoms with van der Waals surface area (Å²) in [6.07, 6.45) is 0. The Morgan fingerprint density at radius 3 is 1.71 bits per heavy atom. The van der Waals surface area contributed by atoms with Gasteiger partial charge < -0.3 is 10.6 Å². The van der Waals surface area contributed by atoms with E-state index in [9.17, 15) is 29.8 Å². The highest BCUT2D eigenvalue weighted by Crippen LogP contribution is 2.13. The zero-order chi connectivity index (χ0) is 23.0. The molecule has 0 bridgehead atoms. The number of nitro benzene ring substituents is 2. The van der Waals surface area contributed by atoms with Crippen molar-refractivity contribution in [1.29, 1.82) is 0 Å². The number of benzene rings is 2. The van der Waals surface area contributed by atoms with Crippen LogP contribution in [-0.2, 0) is 22.7 Å². The second-order valence-electron chi connectivity index (χ2n) is 7.29. The Labute approximate surface area is 178 Å². The Balaban J connectivity index is 1.76. The molecule has 0 fully saturated rings. The highest BCUT2D eigenvalue weighted by molar-refractivity contribution is 5.89. The van der Waals surface area contributed by atoms with Gasteiger partial charge in [0.05, 0.1) is 21.9 Å². The van der Waals surface area contributed by atoms with Crippen LogP contribution in [0.15, 0.2) is 48.5 Å². The lowest BCUT2D eigenvalue weighted by Gasteiger charge is -2.25. The first-order valence-corrected chi connectivity index (χ1v) is 9.35. The SMILES string of the molecule is CC(C)(NCc1ccc([N+](=O)[O-])cc1)C(=O)NCC(=O)NCc1ccc([N+](=O)[O-])cc1. The smallest absolute Gasteiger partial charge is 0.269 e. The van der Waals surface area contributed by atoms with Crippen molar-refractivity contribution in [3.8, 4) is 0 Å². The van der Waals surface area contributed by atoms with Crippen molar-refractivity contribution >= 4 is 23.2 Å². The van der Waals surface area contributed by atoms with Gasteiger partial charge in [-0.3, -0.25) is 35.1 Å². The number of non-ortho nitro benzene ring substituents is 2. The van der Waals surface area contributed by atoms with Crippen LogP contribution in [0.2, 0.25) is 0 Å². The number of nitro groups is 2. The summed E-state index contributed by atoms with van der Waals surface area (Å²) in [5.41, 5.74) is 0.425. The number of nitrogens with one attached hydrogen (secondary N) is 3. The number of hydrogen-bond donors (Lipinski definition) is 3. The van der Waals surface area contributed by atoms with Crippen molar-refractivity contribution in [2.24, 2.45) is 0 Å². The first kappa shape index (κ1) is 23.4. The lowest BCUT2D eigenvalue weighted by molar-refractivity contribution is -0.385.